The van der Waals surface area contributed by atoms with E-state index in [-0.39, 0.29) is 18.2 Å². The van der Waals surface area contributed by atoms with Crippen molar-refractivity contribution in [1.82, 2.24) is 9.97 Å². The third kappa shape index (κ3) is 4.42. The Balaban J connectivity index is 2.20. The Bertz CT molecular complexity index is 617. The van der Waals surface area contributed by atoms with E-state index in [0.29, 0.717) is 10.6 Å². The van der Waals surface area contributed by atoms with Gasteiger partial charge in [0, 0.05) is 23.1 Å². The summed E-state index contributed by atoms with van der Waals surface area (Å²) in [6.07, 6.45) is -4.82. The molecule has 3 N–H and O–H groups in total. The molecule has 0 amide bonds. The fourth-order valence-corrected chi connectivity index (χ4v) is 2.26. The van der Waals surface area contributed by atoms with Crippen molar-refractivity contribution in [2.24, 2.45) is 5.10 Å². The van der Waals surface area contributed by atoms with E-state index in [1.165, 1.54) is 17.4 Å². The molecule has 112 valence electrons. The number of hydrogen-bond donors (Lipinski definition) is 2. The van der Waals surface area contributed by atoms with E-state index in [0.717, 1.165) is 0 Å². The van der Waals surface area contributed by atoms with E-state index in [9.17, 15) is 13.2 Å². The number of anilines is 2. The lowest BCUT2D eigenvalue weighted by Crippen LogP contribution is -2.26. The first-order chi connectivity index (χ1) is 9.84. The highest BCUT2D eigenvalue weighted by Crippen LogP contribution is 2.22. The van der Waals surface area contributed by atoms with Crippen molar-refractivity contribution >= 4 is 28.8 Å². The standard InChI is InChI=1S/C12H12F3N5S/c1-7-5-10(18-11(16)17-7)20-19-9(12(13,14)15)6-8-3-2-4-21-8/h2-5H,6H2,1H3,(H3,16,17,18,20). The molecule has 2 rings (SSSR count). The number of rotatable bonds is 4. The molecule has 0 radical (unpaired) electrons. The van der Waals surface area contributed by atoms with Crippen LogP contribution in [0.3, 0.4) is 0 Å². The van der Waals surface area contributed by atoms with Gasteiger partial charge in [-0.1, -0.05) is 6.07 Å². The summed E-state index contributed by atoms with van der Waals surface area (Å²) in [5.41, 5.74) is 7.32. The van der Waals surface area contributed by atoms with E-state index in [4.69, 9.17) is 5.73 Å². The van der Waals surface area contributed by atoms with Crippen molar-refractivity contribution in [2.45, 2.75) is 19.5 Å². The molecule has 0 aliphatic carbocycles. The minimum Gasteiger partial charge on any atom is -0.368 e. The van der Waals surface area contributed by atoms with Gasteiger partial charge in [0.25, 0.3) is 0 Å². The van der Waals surface area contributed by atoms with Crippen molar-refractivity contribution in [2.75, 3.05) is 11.2 Å². The maximum absolute atomic E-state index is 12.9. The molecule has 0 saturated carbocycles. The zero-order valence-electron chi connectivity index (χ0n) is 11.0. The first-order valence-electron chi connectivity index (χ1n) is 5.88. The fourth-order valence-electron chi connectivity index (χ4n) is 1.55. The van der Waals surface area contributed by atoms with Crippen LogP contribution in [0.15, 0.2) is 28.7 Å². The molecule has 2 heterocycles. The average Bonchev–Trinajstić information content (AvgIpc) is 2.84. The Morgan fingerprint density at radius 1 is 1.43 bits per heavy atom. The van der Waals surface area contributed by atoms with Crippen LogP contribution in [-0.2, 0) is 6.42 Å². The predicted molar refractivity (Wildman–Crippen MR) is 76.3 cm³/mol. The Morgan fingerprint density at radius 2 is 2.19 bits per heavy atom. The van der Waals surface area contributed by atoms with Gasteiger partial charge in [0.05, 0.1) is 0 Å². The number of nitrogen functional groups attached to an aromatic ring is 1. The van der Waals surface area contributed by atoms with Gasteiger partial charge >= 0.3 is 6.18 Å². The van der Waals surface area contributed by atoms with Crippen LogP contribution >= 0.6 is 11.3 Å². The topological polar surface area (TPSA) is 76.2 Å². The molecular weight excluding hydrogens is 303 g/mol. The van der Waals surface area contributed by atoms with Gasteiger partial charge in [0.1, 0.15) is 5.71 Å². The number of halogens is 3. The number of alkyl halides is 3. The lowest BCUT2D eigenvalue weighted by atomic mass is 10.2. The summed E-state index contributed by atoms with van der Waals surface area (Å²) in [5.74, 6) is 0.0902. The molecule has 21 heavy (non-hydrogen) atoms. The first-order valence-corrected chi connectivity index (χ1v) is 6.76. The normalized spacial score (nSPS) is 12.5. The highest BCUT2D eigenvalue weighted by Gasteiger charge is 2.36. The molecule has 0 aliphatic heterocycles. The van der Waals surface area contributed by atoms with Crippen molar-refractivity contribution in [3.63, 3.8) is 0 Å². The number of aromatic nitrogens is 2. The Kier molecular flexibility index (Phi) is 4.41. The molecule has 9 heteroatoms. The summed E-state index contributed by atoms with van der Waals surface area (Å²) in [7, 11) is 0. The Hall–Kier alpha value is -2.16. The number of hydrazone groups is 1. The van der Waals surface area contributed by atoms with Gasteiger partial charge < -0.3 is 5.73 Å². The summed E-state index contributed by atoms with van der Waals surface area (Å²) < 4.78 is 38.8. The lowest BCUT2D eigenvalue weighted by Gasteiger charge is -2.10. The van der Waals surface area contributed by atoms with Crippen LogP contribution in [0.5, 0.6) is 0 Å². The third-order valence-electron chi connectivity index (χ3n) is 2.43. The summed E-state index contributed by atoms with van der Waals surface area (Å²) in [4.78, 5) is 8.17. The SMILES string of the molecule is Cc1cc(NN=C(Cc2cccs2)C(F)(F)F)nc(N)n1. The van der Waals surface area contributed by atoms with Crippen molar-refractivity contribution in [1.29, 1.82) is 0 Å². The van der Waals surface area contributed by atoms with Crippen LogP contribution < -0.4 is 11.2 Å². The van der Waals surface area contributed by atoms with Crippen molar-refractivity contribution in [3.8, 4) is 0 Å². The van der Waals surface area contributed by atoms with Gasteiger partial charge in [0.2, 0.25) is 5.95 Å². The third-order valence-corrected chi connectivity index (χ3v) is 3.30. The Morgan fingerprint density at radius 3 is 2.76 bits per heavy atom. The van der Waals surface area contributed by atoms with E-state index < -0.39 is 11.9 Å². The zero-order chi connectivity index (χ0) is 15.5. The number of nitrogens with zero attached hydrogens (tertiary/aromatic N) is 3. The molecule has 0 unspecified atom stereocenters. The molecule has 0 spiro atoms. The minimum atomic E-state index is -4.52. The number of aryl methyl sites for hydroxylation is 1. The van der Waals surface area contributed by atoms with Crippen LogP contribution in [0.1, 0.15) is 10.6 Å². The number of hydrogen-bond acceptors (Lipinski definition) is 6. The van der Waals surface area contributed by atoms with Crippen LogP contribution in [0, 0.1) is 6.92 Å². The molecular formula is C12H12F3N5S. The smallest absolute Gasteiger partial charge is 0.368 e. The summed E-state index contributed by atoms with van der Waals surface area (Å²) >= 11 is 1.24. The highest BCUT2D eigenvalue weighted by molar-refractivity contribution is 7.10. The van der Waals surface area contributed by atoms with Crippen LogP contribution in [-0.4, -0.2) is 21.9 Å². The summed E-state index contributed by atoms with van der Waals surface area (Å²) in [5, 5.41) is 5.14. The second-order valence-corrected chi connectivity index (χ2v) is 5.21. The lowest BCUT2D eigenvalue weighted by molar-refractivity contribution is -0.0601. The second-order valence-electron chi connectivity index (χ2n) is 4.18. The molecule has 5 nitrogen and oxygen atoms in total. The molecule has 2 aromatic heterocycles. The molecule has 0 aromatic carbocycles. The van der Waals surface area contributed by atoms with Crippen molar-refractivity contribution < 1.29 is 13.2 Å². The van der Waals surface area contributed by atoms with Gasteiger partial charge in [-0.2, -0.15) is 23.3 Å². The van der Waals surface area contributed by atoms with Crippen LogP contribution in [0.4, 0.5) is 24.9 Å². The quantitative estimate of drug-likeness (QED) is 0.672. The van der Waals surface area contributed by atoms with Gasteiger partial charge in [-0.3, -0.25) is 5.43 Å². The zero-order valence-corrected chi connectivity index (χ0v) is 11.8. The molecule has 0 atom stereocenters. The van der Waals surface area contributed by atoms with E-state index in [1.807, 2.05) is 0 Å². The summed E-state index contributed by atoms with van der Waals surface area (Å²) in [6.45, 7) is 1.66. The van der Waals surface area contributed by atoms with Gasteiger partial charge in [-0.25, -0.2) is 4.98 Å². The molecule has 0 saturated heterocycles. The van der Waals surface area contributed by atoms with E-state index in [2.05, 4.69) is 20.5 Å². The maximum Gasteiger partial charge on any atom is 0.431 e. The van der Waals surface area contributed by atoms with Crippen LogP contribution in [0.25, 0.3) is 0 Å². The molecule has 0 bridgehead atoms. The number of nitrogens with two attached hydrogens (primary N) is 1. The Labute approximate surface area is 122 Å². The van der Waals surface area contributed by atoms with Gasteiger partial charge in [0.15, 0.2) is 5.82 Å². The van der Waals surface area contributed by atoms with E-state index >= 15 is 0 Å². The number of thiophene rings is 1. The van der Waals surface area contributed by atoms with E-state index in [1.54, 1.807) is 24.4 Å². The predicted octanol–water partition coefficient (Wildman–Crippen LogP) is 3.00. The average molecular weight is 315 g/mol. The molecule has 0 aliphatic rings. The highest BCUT2D eigenvalue weighted by atomic mass is 32.1. The van der Waals surface area contributed by atoms with Crippen molar-refractivity contribution in [3.05, 3.63) is 34.2 Å². The monoisotopic (exact) mass is 315 g/mol. The largest absolute Gasteiger partial charge is 0.431 e. The van der Waals surface area contributed by atoms with Gasteiger partial charge in [-0.05, 0) is 18.4 Å². The second kappa shape index (κ2) is 6.08. The fraction of sp³-hybridized carbons (Fsp3) is 0.250. The maximum atomic E-state index is 12.9. The first kappa shape index (κ1) is 15.2. The van der Waals surface area contributed by atoms with Gasteiger partial charge in [-0.15, -0.1) is 11.3 Å². The summed E-state index contributed by atoms with van der Waals surface area (Å²) in [6, 6.07) is 4.77. The number of nitrogens with one attached hydrogen (secondary N) is 1. The minimum absolute atomic E-state index is 0.0282. The molecule has 0 fully saturated rings. The molecule has 2 aromatic rings. The van der Waals surface area contributed by atoms with Crippen LogP contribution in [0.2, 0.25) is 0 Å².